The number of nitrogen functional groups attached to an aromatic ring is 1. The maximum atomic E-state index is 12.3. The molecule has 0 aliphatic carbocycles. The molecule has 156 valence electrons. The fourth-order valence-corrected chi connectivity index (χ4v) is 4.61. The van der Waals surface area contributed by atoms with Gasteiger partial charge in [-0.05, 0) is 55.7 Å². The van der Waals surface area contributed by atoms with E-state index in [1.807, 2.05) is 12.1 Å². The van der Waals surface area contributed by atoms with Crippen LogP contribution in [0.2, 0.25) is 10.0 Å². The Morgan fingerprint density at radius 1 is 1.00 bits per heavy atom. The summed E-state index contributed by atoms with van der Waals surface area (Å²) in [7, 11) is -3.89. The number of sulfonamides is 1. The Morgan fingerprint density at radius 3 is 2.17 bits per heavy atom. The predicted molar refractivity (Wildman–Crippen MR) is 119 cm³/mol. The van der Waals surface area contributed by atoms with Gasteiger partial charge in [0.1, 0.15) is 5.75 Å². The Labute approximate surface area is 180 Å². The van der Waals surface area contributed by atoms with E-state index in [0.717, 1.165) is 31.6 Å². The minimum absolute atomic E-state index is 0.169. The van der Waals surface area contributed by atoms with Gasteiger partial charge in [0, 0.05) is 30.2 Å². The molecule has 3 rings (SSSR count). The fraction of sp³-hybridized carbons (Fsp3) is 0.316. The third-order valence-electron chi connectivity index (χ3n) is 4.55. The molecule has 0 aromatic heterocycles. The molecule has 0 saturated carbocycles. The van der Waals surface area contributed by atoms with E-state index in [4.69, 9.17) is 28.9 Å². The second kappa shape index (κ2) is 9.11. The van der Waals surface area contributed by atoms with E-state index >= 15 is 0 Å². The molecular formula is C19H22Cl2N4O3S. The van der Waals surface area contributed by atoms with Crippen molar-refractivity contribution in [1.82, 2.24) is 0 Å². The molecule has 0 radical (unpaired) electrons. The van der Waals surface area contributed by atoms with Crippen LogP contribution in [0.3, 0.4) is 0 Å². The standard InChI is InChI=1S/C19H22Cl2N4O3S/c20-16-10-14(11-17(21)19(16)22)23-18(26)12-29(27,28)24-13-4-6-15(7-5-13)25-8-2-1-3-9-25/h4-7,10-11,24H,1-3,8-9,12,22H2,(H,23,26). The number of hydrogen-bond acceptors (Lipinski definition) is 5. The van der Waals surface area contributed by atoms with Crippen LogP contribution < -0.4 is 20.7 Å². The number of benzene rings is 2. The number of amides is 1. The lowest BCUT2D eigenvalue weighted by molar-refractivity contribution is -0.113. The average molecular weight is 457 g/mol. The number of nitrogens with one attached hydrogen (secondary N) is 2. The molecule has 0 bridgehead atoms. The molecular weight excluding hydrogens is 435 g/mol. The second-order valence-electron chi connectivity index (χ2n) is 6.86. The Morgan fingerprint density at radius 2 is 1.59 bits per heavy atom. The van der Waals surface area contributed by atoms with Gasteiger partial charge in [-0.25, -0.2) is 8.42 Å². The zero-order valence-electron chi connectivity index (χ0n) is 15.6. The molecule has 7 nitrogen and oxygen atoms in total. The van der Waals surface area contributed by atoms with Crippen LogP contribution in [0.5, 0.6) is 0 Å². The number of carbonyl (C=O) groups excluding carboxylic acids is 1. The van der Waals surface area contributed by atoms with Crippen LogP contribution in [-0.2, 0) is 14.8 Å². The quantitative estimate of drug-likeness (QED) is 0.570. The number of halogens is 2. The van der Waals surface area contributed by atoms with Crippen molar-refractivity contribution in [2.45, 2.75) is 19.3 Å². The van der Waals surface area contributed by atoms with Crippen molar-refractivity contribution in [3.05, 3.63) is 46.4 Å². The van der Waals surface area contributed by atoms with E-state index in [1.54, 1.807) is 12.1 Å². The van der Waals surface area contributed by atoms with Crippen LogP contribution in [-0.4, -0.2) is 33.2 Å². The van der Waals surface area contributed by atoms with Crippen LogP contribution in [0.15, 0.2) is 36.4 Å². The molecule has 0 atom stereocenters. The number of carbonyl (C=O) groups is 1. The van der Waals surface area contributed by atoms with E-state index in [-0.39, 0.29) is 21.4 Å². The van der Waals surface area contributed by atoms with Crippen molar-refractivity contribution >= 4 is 61.9 Å². The topological polar surface area (TPSA) is 105 Å². The minimum atomic E-state index is -3.89. The van der Waals surface area contributed by atoms with E-state index < -0.39 is 21.7 Å². The molecule has 0 unspecified atom stereocenters. The summed E-state index contributed by atoms with van der Waals surface area (Å²) in [5.41, 5.74) is 7.55. The first-order valence-corrected chi connectivity index (χ1v) is 11.5. The number of piperidine rings is 1. The van der Waals surface area contributed by atoms with Gasteiger partial charge >= 0.3 is 0 Å². The van der Waals surface area contributed by atoms with E-state index in [1.165, 1.54) is 18.6 Å². The first-order chi connectivity index (χ1) is 13.7. The summed E-state index contributed by atoms with van der Waals surface area (Å²) in [6.45, 7) is 2.01. The highest BCUT2D eigenvalue weighted by atomic mass is 35.5. The minimum Gasteiger partial charge on any atom is -0.396 e. The number of nitrogens with two attached hydrogens (primary N) is 1. The molecule has 29 heavy (non-hydrogen) atoms. The molecule has 4 N–H and O–H groups in total. The van der Waals surface area contributed by atoms with E-state index in [2.05, 4.69) is 14.9 Å². The van der Waals surface area contributed by atoms with Crippen LogP contribution in [0, 0.1) is 0 Å². The van der Waals surface area contributed by atoms with Crippen molar-refractivity contribution < 1.29 is 13.2 Å². The zero-order valence-corrected chi connectivity index (χ0v) is 17.9. The van der Waals surface area contributed by atoms with Gasteiger partial charge in [0.15, 0.2) is 0 Å². The highest BCUT2D eigenvalue weighted by Gasteiger charge is 2.18. The average Bonchev–Trinajstić information content (AvgIpc) is 2.66. The van der Waals surface area contributed by atoms with Crippen LogP contribution in [0.4, 0.5) is 22.7 Å². The van der Waals surface area contributed by atoms with Gasteiger partial charge in [0.25, 0.3) is 0 Å². The molecule has 1 heterocycles. The van der Waals surface area contributed by atoms with Crippen molar-refractivity contribution in [2.75, 3.05) is 39.5 Å². The first-order valence-electron chi connectivity index (χ1n) is 9.13. The summed E-state index contributed by atoms with van der Waals surface area (Å²) < 4.78 is 27.1. The van der Waals surface area contributed by atoms with Crippen LogP contribution in [0.1, 0.15) is 19.3 Å². The third-order valence-corrected chi connectivity index (χ3v) is 6.36. The zero-order chi connectivity index (χ0) is 21.0. The Bertz CT molecular complexity index is 968. The SMILES string of the molecule is Nc1c(Cl)cc(NC(=O)CS(=O)(=O)Nc2ccc(N3CCCCC3)cc2)cc1Cl. The van der Waals surface area contributed by atoms with Gasteiger partial charge in [-0.1, -0.05) is 23.2 Å². The van der Waals surface area contributed by atoms with Gasteiger partial charge in [-0.2, -0.15) is 0 Å². The predicted octanol–water partition coefficient (Wildman–Crippen LogP) is 3.95. The molecule has 1 aliphatic heterocycles. The largest absolute Gasteiger partial charge is 0.396 e. The lowest BCUT2D eigenvalue weighted by Crippen LogP contribution is -2.29. The number of anilines is 4. The summed E-state index contributed by atoms with van der Waals surface area (Å²) in [5.74, 6) is -1.47. The lowest BCUT2D eigenvalue weighted by atomic mass is 10.1. The summed E-state index contributed by atoms with van der Waals surface area (Å²) in [6, 6.07) is 9.95. The van der Waals surface area contributed by atoms with E-state index in [0.29, 0.717) is 5.69 Å². The van der Waals surface area contributed by atoms with Crippen molar-refractivity contribution in [2.24, 2.45) is 0 Å². The van der Waals surface area contributed by atoms with Gasteiger partial charge in [0.2, 0.25) is 15.9 Å². The Kier molecular flexibility index (Phi) is 6.77. The fourth-order valence-electron chi connectivity index (χ4n) is 3.13. The molecule has 0 spiro atoms. The second-order valence-corrected chi connectivity index (χ2v) is 9.39. The number of rotatable bonds is 6. The van der Waals surface area contributed by atoms with Crippen molar-refractivity contribution in [3.63, 3.8) is 0 Å². The van der Waals surface area contributed by atoms with Crippen LogP contribution in [0.25, 0.3) is 0 Å². The normalized spacial score (nSPS) is 14.5. The maximum Gasteiger partial charge on any atom is 0.241 e. The number of hydrogen-bond donors (Lipinski definition) is 3. The highest BCUT2D eigenvalue weighted by molar-refractivity contribution is 7.93. The van der Waals surface area contributed by atoms with Gasteiger partial charge in [-0.3, -0.25) is 9.52 Å². The molecule has 1 aliphatic rings. The van der Waals surface area contributed by atoms with Gasteiger partial charge in [-0.15, -0.1) is 0 Å². The number of nitrogens with zero attached hydrogens (tertiary/aromatic N) is 1. The maximum absolute atomic E-state index is 12.3. The first kappa shape index (κ1) is 21.5. The molecule has 2 aromatic rings. The van der Waals surface area contributed by atoms with E-state index in [9.17, 15) is 13.2 Å². The summed E-state index contributed by atoms with van der Waals surface area (Å²) in [6.07, 6.45) is 3.56. The molecule has 2 aromatic carbocycles. The highest BCUT2D eigenvalue weighted by Crippen LogP contribution is 2.31. The van der Waals surface area contributed by atoms with Gasteiger partial charge in [0.05, 0.1) is 15.7 Å². The molecule has 1 fully saturated rings. The third kappa shape index (κ3) is 5.91. The monoisotopic (exact) mass is 456 g/mol. The van der Waals surface area contributed by atoms with Crippen LogP contribution >= 0.6 is 23.2 Å². The summed E-state index contributed by atoms with van der Waals surface area (Å²) >= 11 is 11.8. The molecule has 10 heteroatoms. The summed E-state index contributed by atoms with van der Waals surface area (Å²) in [4.78, 5) is 14.4. The summed E-state index contributed by atoms with van der Waals surface area (Å²) in [5, 5.41) is 2.79. The Balaban J connectivity index is 1.60. The lowest BCUT2D eigenvalue weighted by Gasteiger charge is -2.28. The van der Waals surface area contributed by atoms with Gasteiger partial charge < -0.3 is 16.0 Å². The van der Waals surface area contributed by atoms with Crippen molar-refractivity contribution in [3.8, 4) is 0 Å². The smallest absolute Gasteiger partial charge is 0.241 e. The molecule has 1 amide bonds. The molecule has 1 saturated heterocycles. The Hall–Kier alpha value is -2.16. The van der Waals surface area contributed by atoms with Crippen molar-refractivity contribution in [1.29, 1.82) is 0 Å².